The summed E-state index contributed by atoms with van der Waals surface area (Å²) < 4.78 is 5.39. The van der Waals surface area contributed by atoms with Crippen LogP contribution in [-0.2, 0) is 11.2 Å². The van der Waals surface area contributed by atoms with Crippen LogP contribution in [-0.4, -0.2) is 13.2 Å². The van der Waals surface area contributed by atoms with Crippen molar-refractivity contribution < 1.29 is 4.74 Å². The van der Waals surface area contributed by atoms with Crippen LogP contribution in [0.15, 0.2) is 24.3 Å². The lowest BCUT2D eigenvalue weighted by Crippen LogP contribution is -2.15. The molecular formula is C13H18O. The molecule has 1 fully saturated rings. The second kappa shape index (κ2) is 4.61. The molecule has 0 saturated carbocycles. The summed E-state index contributed by atoms with van der Waals surface area (Å²) in [5.41, 5.74) is 3.07. The van der Waals surface area contributed by atoms with E-state index in [1.165, 1.54) is 18.4 Å². The molecule has 0 spiro atoms. The molecule has 2 rings (SSSR count). The van der Waals surface area contributed by atoms with Crippen LogP contribution in [0, 0.1) is 0 Å². The molecule has 1 aromatic rings. The van der Waals surface area contributed by atoms with Crippen molar-refractivity contribution in [2.24, 2.45) is 0 Å². The van der Waals surface area contributed by atoms with Gasteiger partial charge in [0.1, 0.15) is 0 Å². The van der Waals surface area contributed by atoms with Crippen molar-refractivity contribution in [2.45, 2.75) is 32.1 Å². The van der Waals surface area contributed by atoms with Gasteiger partial charge in [-0.2, -0.15) is 0 Å². The summed E-state index contributed by atoms with van der Waals surface area (Å²) in [6.45, 7) is 4.10. The fourth-order valence-corrected chi connectivity index (χ4v) is 2.26. The molecular weight excluding hydrogens is 172 g/mol. The number of benzene rings is 1. The van der Waals surface area contributed by atoms with E-state index >= 15 is 0 Å². The summed E-state index contributed by atoms with van der Waals surface area (Å²) in [7, 11) is 0. The van der Waals surface area contributed by atoms with E-state index in [1.54, 1.807) is 5.56 Å². The Balaban J connectivity index is 2.20. The molecule has 76 valence electrons. The molecule has 0 bridgehead atoms. The molecule has 1 saturated heterocycles. The van der Waals surface area contributed by atoms with Gasteiger partial charge in [0.2, 0.25) is 0 Å². The highest BCUT2D eigenvalue weighted by molar-refractivity contribution is 5.30. The normalized spacial score (nSPS) is 18.4. The van der Waals surface area contributed by atoms with Crippen LogP contribution in [0.5, 0.6) is 0 Å². The predicted octanol–water partition coefficient (Wildman–Crippen LogP) is 3.14. The lowest BCUT2D eigenvalue weighted by Gasteiger charge is -2.24. The maximum atomic E-state index is 5.39. The Labute approximate surface area is 86.1 Å². The van der Waals surface area contributed by atoms with Crippen LogP contribution in [0.4, 0.5) is 0 Å². The third kappa shape index (κ3) is 1.98. The number of rotatable bonds is 2. The molecule has 0 amide bonds. The van der Waals surface area contributed by atoms with Gasteiger partial charge in [-0.1, -0.05) is 31.2 Å². The second-order valence-corrected chi connectivity index (χ2v) is 3.94. The first-order valence-electron chi connectivity index (χ1n) is 5.57. The third-order valence-electron chi connectivity index (χ3n) is 3.10. The predicted molar refractivity (Wildman–Crippen MR) is 58.6 cm³/mol. The van der Waals surface area contributed by atoms with E-state index in [4.69, 9.17) is 4.74 Å². The third-order valence-corrected chi connectivity index (χ3v) is 3.10. The molecule has 1 nitrogen and oxygen atoms in total. The first-order valence-corrected chi connectivity index (χ1v) is 5.57. The minimum atomic E-state index is 0.736. The van der Waals surface area contributed by atoms with Gasteiger partial charge < -0.3 is 4.74 Å². The van der Waals surface area contributed by atoms with Crippen molar-refractivity contribution in [3.05, 3.63) is 35.4 Å². The second-order valence-electron chi connectivity index (χ2n) is 3.94. The van der Waals surface area contributed by atoms with Gasteiger partial charge >= 0.3 is 0 Å². The fourth-order valence-electron chi connectivity index (χ4n) is 2.26. The Bertz CT molecular complexity index is 287. The van der Waals surface area contributed by atoms with Gasteiger partial charge in [0.05, 0.1) is 0 Å². The highest BCUT2D eigenvalue weighted by Gasteiger charge is 2.17. The summed E-state index contributed by atoms with van der Waals surface area (Å²) in [4.78, 5) is 0. The molecule has 0 aromatic heterocycles. The molecule has 0 N–H and O–H groups in total. The van der Waals surface area contributed by atoms with Gasteiger partial charge in [0, 0.05) is 13.2 Å². The molecule has 1 heteroatoms. The van der Waals surface area contributed by atoms with Crippen molar-refractivity contribution in [3.8, 4) is 0 Å². The molecule has 1 aromatic carbocycles. The zero-order valence-electron chi connectivity index (χ0n) is 8.83. The molecule has 0 aliphatic carbocycles. The van der Waals surface area contributed by atoms with E-state index in [9.17, 15) is 0 Å². The van der Waals surface area contributed by atoms with Crippen molar-refractivity contribution in [2.75, 3.05) is 13.2 Å². The van der Waals surface area contributed by atoms with E-state index in [0.29, 0.717) is 0 Å². The number of ether oxygens (including phenoxy) is 1. The van der Waals surface area contributed by atoms with Gasteiger partial charge in [0.25, 0.3) is 0 Å². The number of aryl methyl sites for hydroxylation is 1. The lowest BCUT2D eigenvalue weighted by molar-refractivity contribution is 0.0852. The summed E-state index contributed by atoms with van der Waals surface area (Å²) in [5.74, 6) is 0.736. The van der Waals surface area contributed by atoms with E-state index in [1.807, 2.05) is 0 Å². The molecule has 1 aliphatic rings. The van der Waals surface area contributed by atoms with Gasteiger partial charge in [0.15, 0.2) is 0 Å². The molecule has 14 heavy (non-hydrogen) atoms. The highest BCUT2D eigenvalue weighted by Crippen LogP contribution is 2.29. The van der Waals surface area contributed by atoms with Crippen LogP contribution in [0.1, 0.15) is 36.8 Å². The van der Waals surface area contributed by atoms with E-state index in [2.05, 4.69) is 31.2 Å². The molecule has 0 radical (unpaired) electrons. The number of hydrogen-bond acceptors (Lipinski definition) is 1. The molecule has 1 aliphatic heterocycles. The first kappa shape index (κ1) is 9.72. The summed E-state index contributed by atoms with van der Waals surface area (Å²) in [5, 5.41) is 0. The van der Waals surface area contributed by atoms with Crippen LogP contribution in [0.2, 0.25) is 0 Å². The quantitative estimate of drug-likeness (QED) is 0.696. The smallest absolute Gasteiger partial charge is 0.0471 e. The summed E-state index contributed by atoms with van der Waals surface area (Å²) in [6, 6.07) is 8.84. The average Bonchev–Trinajstić information content (AvgIpc) is 2.30. The van der Waals surface area contributed by atoms with Crippen LogP contribution >= 0.6 is 0 Å². The Morgan fingerprint density at radius 2 is 1.93 bits per heavy atom. The average molecular weight is 190 g/mol. The van der Waals surface area contributed by atoms with E-state index in [0.717, 1.165) is 25.6 Å². The fraction of sp³-hybridized carbons (Fsp3) is 0.538. The van der Waals surface area contributed by atoms with E-state index < -0.39 is 0 Å². The minimum Gasteiger partial charge on any atom is -0.381 e. The SMILES string of the molecule is CCc1ccccc1C1CCOCC1. The Hall–Kier alpha value is -0.820. The maximum Gasteiger partial charge on any atom is 0.0471 e. The number of hydrogen-bond donors (Lipinski definition) is 0. The minimum absolute atomic E-state index is 0.736. The van der Waals surface area contributed by atoms with Crippen molar-refractivity contribution in [1.29, 1.82) is 0 Å². The van der Waals surface area contributed by atoms with Crippen molar-refractivity contribution >= 4 is 0 Å². The van der Waals surface area contributed by atoms with Crippen LogP contribution < -0.4 is 0 Å². The lowest BCUT2D eigenvalue weighted by atomic mass is 9.87. The van der Waals surface area contributed by atoms with E-state index in [-0.39, 0.29) is 0 Å². The maximum absolute atomic E-state index is 5.39. The van der Waals surface area contributed by atoms with Crippen LogP contribution in [0.3, 0.4) is 0 Å². The highest BCUT2D eigenvalue weighted by atomic mass is 16.5. The van der Waals surface area contributed by atoms with Crippen molar-refractivity contribution in [1.82, 2.24) is 0 Å². The summed E-state index contributed by atoms with van der Waals surface area (Å²) in [6.07, 6.45) is 3.53. The van der Waals surface area contributed by atoms with Gasteiger partial charge in [-0.05, 0) is 36.3 Å². The molecule has 1 heterocycles. The zero-order valence-corrected chi connectivity index (χ0v) is 8.83. The van der Waals surface area contributed by atoms with Gasteiger partial charge in [-0.25, -0.2) is 0 Å². The first-order chi connectivity index (χ1) is 6.92. The largest absolute Gasteiger partial charge is 0.381 e. The standard InChI is InChI=1S/C13H18O/c1-2-11-5-3-4-6-13(11)12-7-9-14-10-8-12/h3-6,12H,2,7-10H2,1H3. The topological polar surface area (TPSA) is 9.23 Å². The van der Waals surface area contributed by atoms with Crippen LogP contribution in [0.25, 0.3) is 0 Å². The van der Waals surface area contributed by atoms with Gasteiger partial charge in [-0.3, -0.25) is 0 Å². The Kier molecular flexibility index (Phi) is 3.20. The van der Waals surface area contributed by atoms with Crippen molar-refractivity contribution in [3.63, 3.8) is 0 Å². The summed E-state index contributed by atoms with van der Waals surface area (Å²) >= 11 is 0. The molecule has 0 unspecified atom stereocenters. The monoisotopic (exact) mass is 190 g/mol. The van der Waals surface area contributed by atoms with Gasteiger partial charge in [-0.15, -0.1) is 0 Å². The Morgan fingerprint density at radius 1 is 1.21 bits per heavy atom. The zero-order chi connectivity index (χ0) is 9.80. The Morgan fingerprint density at radius 3 is 2.64 bits per heavy atom. The molecule has 0 atom stereocenters.